The number of carbonyl (C=O) groups is 3. The SMILES string of the molecule is CC(C)C(=O)NCCNC(=O)CNC(=O)c1ccc(C(C)(C)C)cc1. The lowest BCUT2D eigenvalue weighted by molar-refractivity contribution is -0.124. The Balaban J connectivity index is 2.33. The van der Waals surface area contributed by atoms with Gasteiger partial charge in [0.25, 0.3) is 5.91 Å². The predicted molar refractivity (Wildman–Crippen MR) is 98.3 cm³/mol. The van der Waals surface area contributed by atoms with Gasteiger partial charge in [-0.3, -0.25) is 14.4 Å². The van der Waals surface area contributed by atoms with Crippen molar-refractivity contribution >= 4 is 17.7 Å². The average Bonchev–Trinajstić information content (AvgIpc) is 2.55. The van der Waals surface area contributed by atoms with E-state index in [1.807, 2.05) is 12.1 Å². The minimum absolute atomic E-state index is 0.0277. The first-order chi connectivity index (χ1) is 11.6. The molecule has 0 fully saturated rings. The van der Waals surface area contributed by atoms with Gasteiger partial charge in [-0.15, -0.1) is 0 Å². The monoisotopic (exact) mass is 347 g/mol. The van der Waals surface area contributed by atoms with Crippen molar-refractivity contribution in [3.05, 3.63) is 35.4 Å². The first kappa shape index (κ1) is 20.7. The fourth-order valence-corrected chi connectivity index (χ4v) is 2.04. The Morgan fingerprint density at radius 3 is 2.00 bits per heavy atom. The van der Waals surface area contributed by atoms with Crippen molar-refractivity contribution < 1.29 is 14.4 Å². The molecule has 25 heavy (non-hydrogen) atoms. The highest BCUT2D eigenvalue weighted by Crippen LogP contribution is 2.22. The Morgan fingerprint density at radius 1 is 0.920 bits per heavy atom. The number of rotatable bonds is 7. The van der Waals surface area contributed by atoms with Crippen molar-refractivity contribution in [2.45, 2.75) is 40.0 Å². The molecule has 0 heterocycles. The molecule has 0 spiro atoms. The molecular formula is C19H29N3O3. The molecule has 3 amide bonds. The van der Waals surface area contributed by atoms with E-state index in [-0.39, 0.29) is 35.6 Å². The molecule has 1 rings (SSSR count). The van der Waals surface area contributed by atoms with Gasteiger partial charge in [-0.25, -0.2) is 0 Å². The Kier molecular flexibility index (Phi) is 7.61. The highest BCUT2D eigenvalue weighted by Gasteiger charge is 2.14. The van der Waals surface area contributed by atoms with E-state index in [1.54, 1.807) is 26.0 Å². The van der Waals surface area contributed by atoms with Crippen LogP contribution in [0.1, 0.15) is 50.5 Å². The van der Waals surface area contributed by atoms with Gasteiger partial charge in [0.2, 0.25) is 11.8 Å². The van der Waals surface area contributed by atoms with Gasteiger partial charge in [0.1, 0.15) is 0 Å². The molecule has 1 aromatic carbocycles. The van der Waals surface area contributed by atoms with Gasteiger partial charge in [0, 0.05) is 24.6 Å². The highest BCUT2D eigenvalue weighted by molar-refractivity contribution is 5.96. The molecule has 0 bridgehead atoms. The third kappa shape index (κ3) is 7.37. The van der Waals surface area contributed by atoms with E-state index in [2.05, 4.69) is 36.7 Å². The van der Waals surface area contributed by atoms with Gasteiger partial charge in [-0.2, -0.15) is 0 Å². The second-order valence-electron chi connectivity index (χ2n) is 7.31. The van der Waals surface area contributed by atoms with Crippen molar-refractivity contribution in [3.8, 4) is 0 Å². The molecule has 0 aliphatic carbocycles. The van der Waals surface area contributed by atoms with E-state index in [1.165, 1.54) is 0 Å². The Labute approximate surface area is 149 Å². The van der Waals surface area contributed by atoms with E-state index in [4.69, 9.17) is 0 Å². The Morgan fingerprint density at radius 2 is 1.48 bits per heavy atom. The Hall–Kier alpha value is -2.37. The molecule has 6 nitrogen and oxygen atoms in total. The lowest BCUT2D eigenvalue weighted by Gasteiger charge is -2.19. The number of carbonyl (C=O) groups excluding carboxylic acids is 3. The van der Waals surface area contributed by atoms with E-state index in [0.29, 0.717) is 18.7 Å². The zero-order valence-corrected chi connectivity index (χ0v) is 15.7. The van der Waals surface area contributed by atoms with Crippen LogP contribution in [0.25, 0.3) is 0 Å². The maximum atomic E-state index is 12.1. The largest absolute Gasteiger partial charge is 0.354 e. The van der Waals surface area contributed by atoms with Gasteiger partial charge in [-0.05, 0) is 23.1 Å². The van der Waals surface area contributed by atoms with Crippen LogP contribution in [0.3, 0.4) is 0 Å². The lowest BCUT2D eigenvalue weighted by Crippen LogP contribution is -2.41. The van der Waals surface area contributed by atoms with Crippen molar-refractivity contribution in [1.29, 1.82) is 0 Å². The number of amides is 3. The number of nitrogens with one attached hydrogen (secondary N) is 3. The molecule has 0 radical (unpaired) electrons. The topological polar surface area (TPSA) is 87.3 Å². The quantitative estimate of drug-likeness (QED) is 0.655. The minimum atomic E-state index is -0.293. The van der Waals surface area contributed by atoms with Crippen molar-refractivity contribution in [1.82, 2.24) is 16.0 Å². The first-order valence-electron chi connectivity index (χ1n) is 8.54. The molecule has 0 unspecified atom stereocenters. The normalized spacial score (nSPS) is 11.1. The third-order valence-corrected chi connectivity index (χ3v) is 3.69. The van der Waals surface area contributed by atoms with Gasteiger partial charge < -0.3 is 16.0 Å². The van der Waals surface area contributed by atoms with E-state index < -0.39 is 0 Å². The summed E-state index contributed by atoms with van der Waals surface area (Å²) in [6, 6.07) is 7.36. The van der Waals surface area contributed by atoms with E-state index >= 15 is 0 Å². The standard InChI is InChI=1S/C19H29N3O3/c1-13(2)17(24)21-11-10-20-16(23)12-22-18(25)14-6-8-15(9-7-14)19(3,4)5/h6-9,13H,10-12H2,1-5H3,(H,20,23)(H,21,24)(H,22,25). The van der Waals surface area contributed by atoms with Crippen LogP contribution in [-0.4, -0.2) is 37.4 Å². The van der Waals surface area contributed by atoms with Crippen LogP contribution in [0, 0.1) is 5.92 Å². The molecule has 0 aliphatic rings. The smallest absolute Gasteiger partial charge is 0.251 e. The maximum absolute atomic E-state index is 12.1. The van der Waals surface area contributed by atoms with Gasteiger partial charge in [-0.1, -0.05) is 46.8 Å². The summed E-state index contributed by atoms with van der Waals surface area (Å²) in [5.74, 6) is -0.719. The fourth-order valence-electron chi connectivity index (χ4n) is 2.04. The number of benzene rings is 1. The van der Waals surface area contributed by atoms with Crippen molar-refractivity contribution in [2.75, 3.05) is 19.6 Å². The second kappa shape index (κ2) is 9.20. The molecule has 138 valence electrons. The summed E-state index contributed by atoms with van der Waals surface area (Å²) < 4.78 is 0. The Bertz CT molecular complexity index is 601. The summed E-state index contributed by atoms with van der Waals surface area (Å²) in [6.07, 6.45) is 0. The molecule has 0 aromatic heterocycles. The zero-order valence-electron chi connectivity index (χ0n) is 15.7. The minimum Gasteiger partial charge on any atom is -0.354 e. The van der Waals surface area contributed by atoms with Crippen molar-refractivity contribution in [2.24, 2.45) is 5.92 Å². The number of hydrogen-bond acceptors (Lipinski definition) is 3. The summed E-state index contributed by atoms with van der Waals surface area (Å²) >= 11 is 0. The van der Waals surface area contributed by atoms with Gasteiger partial charge in [0.15, 0.2) is 0 Å². The molecular weight excluding hydrogens is 318 g/mol. The van der Waals surface area contributed by atoms with E-state index in [0.717, 1.165) is 5.56 Å². The molecule has 0 atom stereocenters. The summed E-state index contributed by atoms with van der Waals surface area (Å²) in [5.41, 5.74) is 1.69. The van der Waals surface area contributed by atoms with Gasteiger partial charge in [0.05, 0.1) is 6.54 Å². The lowest BCUT2D eigenvalue weighted by atomic mass is 9.87. The molecule has 1 aromatic rings. The van der Waals surface area contributed by atoms with Crippen LogP contribution in [-0.2, 0) is 15.0 Å². The molecule has 3 N–H and O–H groups in total. The molecule has 0 aliphatic heterocycles. The highest BCUT2D eigenvalue weighted by atomic mass is 16.2. The average molecular weight is 347 g/mol. The zero-order chi connectivity index (χ0) is 19.0. The van der Waals surface area contributed by atoms with Gasteiger partial charge >= 0.3 is 0 Å². The maximum Gasteiger partial charge on any atom is 0.251 e. The molecule has 0 saturated carbocycles. The summed E-state index contributed by atoms with van der Waals surface area (Å²) in [6.45, 7) is 10.5. The van der Waals surface area contributed by atoms with Crippen LogP contribution >= 0.6 is 0 Å². The van der Waals surface area contributed by atoms with Crippen LogP contribution < -0.4 is 16.0 Å². The van der Waals surface area contributed by atoms with Crippen LogP contribution in [0.2, 0.25) is 0 Å². The van der Waals surface area contributed by atoms with Crippen LogP contribution in [0.5, 0.6) is 0 Å². The summed E-state index contributed by atoms with van der Waals surface area (Å²) in [5, 5.41) is 7.94. The number of hydrogen-bond donors (Lipinski definition) is 3. The summed E-state index contributed by atoms with van der Waals surface area (Å²) in [7, 11) is 0. The van der Waals surface area contributed by atoms with Crippen LogP contribution in [0.15, 0.2) is 24.3 Å². The molecule has 6 heteroatoms. The summed E-state index contributed by atoms with van der Waals surface area (Å²) in [4.78, 5) is 35.1. The third-order valence-electron chi connectivity index (χ3n) is 3.69. The fraction of sp³-hybridized carbons (Fsp3) is 0.526. The molecule has 0 saturated heterocycles. The predicted octanol–water partition coefficient (Wildman–Crippen LogP) is 1.60. The van der Waals surface area contributed by atoms with Crippen molar-refractivity contribution in [3.63, 3.8) is 0 Å². The first-order valence-corrected chi connectivity index (χ1v) is 8.54. The second-order valence-corrected chi connectivity index (χ2v) is 7.31. The van der Waals surface area contributed by atoms with Crippen LogP contribution in [0.4, 0.5) is 0 Å². The van der Waals surface area contributed by atoms with E-state index in [9.17, 15) is 14.4 Å².